The number of nitrogens with zero attached hydrogens (tertiary/aromatic N) is 3. The Morgan fingerprint density at radius 3 is 2.44 bits per heavy atom. The Morgan fingerprint density at radius 2 is 1.79 bits per heavy atom. The van der Waals surface area contributed by atoms with Gasteiger partial charge in [-0.25, -0.2) is 9.40 Å². The molecule has 1 atom stereocenters. The summed E-state index contributed by atoms with van der Waals surface area (Å²) in [6.07, 6.45) is 0.728. The molecule has 2 heterocycles. The van der Waals surface area contributed by atoms with Crippen molar-refractivity contribution in [3.05, 3.63) is 53.3 Å². The summed E-state index contributed by atoms with van der Waals surface area (Å²) in [6.45, 7) is 9.99. The molecular formula is C26H33BFN3O7S. The van der Waals surface area contributed by atoms with E-state index in [1.54, 1.807) is 26.2 Å². The Labute approximate surface area is 228 Å². The molecule has 210 valence electrons. The maximum atomic E-state index is 13.9. The molecule has 4 rings (SSSR count). The Kier molecular flexibility index (Phi) is 8.20. The number of hydrogen-bond donors (Lipinski definition) is 0. The molecule has 13 heteroatoms. The number of amidine groups is 1. The van der Waals surface area contributed by atoms with Crippen molar-refractivity contribution in [3.63, 3.8) is 0 Å². The average molecular weight is 561 g/mol. The first kappa shape index (κ1) is 29.2. The van der Waals surface area contributed by atoms with Gasteiger partial charge in [-0.1, -0.05) is 18.2 Å². The highest BCUT2D eigenvalue weighted by atomic mass is 32.2. The second kappa shape index (κ2) is 11.0. The van der Waals surface area contributed by atoms with Crippen LogP contribution in [0.4, 0.5) is 4.39 Å². The molecule has 2 aromatic rings. The van der Waals surface area contributed by atoms with E-state index in [1.165, 1.54) is 42.6 Å². The molecule has 0 amide bonds. The van der Waals surface area contributed by atoms with Crippen LogP contribution in [0.5, 0.6) is 5.75 Å². The molecule has 1 saturated heterocycles. The number of ether oxygens (including phenoxy) is 3. The molecule has 1 unspecified atom stereocenters. The highest BCUT2D eigenvalue weighted by Gasteiger charge is 2.52. The van der Waals surface area contributed by atoms with Crippen LogP contribution in [0.2, 0.25) is 0 Å². The standard InChI is InChI=1S/C26H33BFN3O7S/c1-17(36-13-12-34-6)31(29-16-18-8-11-21(28)22(14-18)35-7)24-20-10-9-19(15-23(20)39(32,33)30-24)27-37-25(2,3)26(4,5)38-27/h8-11,14-17H,12-13H2,1-7H3/b29-16+. The molecule has 0 bridgehead atoms. The van der Waals surface area contributed by atoms with Crippen LogP contribution in [-0.4, -0.2) is 77.5 Å². The minimum atomic E-state index is -4.06. The van der Waals surface area contributed by atoms with Crippen LogP contribution in [0.15, 0.2) is 50.8 Å². The van der Waals surface area contributed by atoms with Crippen LogP contribution in [0.1, 0.15) is 45.7 Å². The summed E-state index contributed by atoms with van der Waals surface area (Å²) in [4.78, 5) is 0.0115. The van der Waals surface area contributed by atoms with Crippen LogP contribution in [0.25, 0.3) is 0 Å². The van der Waals surface area contributed by atoms with E-state index in [0.29, 0.717) is 23.2 Å². The maximum absolute atomic E-state index is 13.9. The smallest absolute Gasteiger partial charge is 0.494 e. The number of benzene rings is 2. The highest BCUT2D eigenvalue weighted by molar-refractivity contribution is 7.90. The molecule has 0 radical (unpaired) electrons. The van der Waals surface area contributed by atoms with Crippen LogP contribution in [0, 0.1) is 5.82 Å². The number of rotatable bonds is 9. The van der Waals surface area contributed by atoms with Crippen LogP contribution in [0.3, 0.4) is 0 Å². The monoisotopic (exact) mass is 561 g/mol. The normalized spacial score (nSPS) is 19.7. The topological polar surface area (TPSA) is 108 Å². The summed E-state index contributed by atoms with van der Waals surface area (Å²) in [5, 5.41) is 5.85. The van der Waals surface area contributed by atoms with Gasteiger partial charge in [0.2, 0.25) is 0 Å². The zero-order valence-electron chi connectivity index (χ0n) is 23.1. The first-order valence-corrected chi connectivity index (χ1v) is 13.9. The highest BCUT2D eigenvalue weighted by Crippen LogP contribution is 2.37. The Morgan fingerprint density at radius 1 is 1.10 bits per heavy atom. The second-order valence-electron chi connectivity index (χ2n) is 10.2. The largest absolute Gasteiger partial charge is 0.494 e. The zero-order chi connectivity index (χ0) is 28.6. The lowest BCUT2D eigenvalue weighted by atomic mass is 9.79. The summed E-state index contributed by atoms with van der Waals surface area (Å²) < 4.78 is 72.5. The molecule has 0 aliphatic carbocycles. The van der Waals surface area contributed by atoms with Crippen molar-refractivity contribution in [2.24, 2.45) is 9.50 Å². The van der Waals surface area contributed by atoms with Crippen LogP contribution in [-0.2, 0) is 28.8 Å². The lowest BCUT2D eigenvalue weighted by Gasteiger charge is -2.32. The van der Waals surface area contributed by atoms with Gasteiger partial charge in [-0.2, -0.15) is 13.5 Å². The van der Waals surface area contributed by atoms with Crippen molar-refractivity contribution >= 4 is 34.7 Å². The van der Waals surface area contributed by atoms with Gasteiger partial charge in [0, 0.05) is 12.7 Å². The number of halogens is 1. The van der Waals surface area contributed by atoms with Gasteiger partial charge in [0.15, 0.2) is 17.4 Å². The van der Waals surface area contributed by atoms with Crippen molar-refractivity contribution in [2.45, 2.75) is 56.9 Å². The summed E-state index contributed by atoms with van der Waals surface area (Å²) >= 11 is 0. The Hall–Kier alpha value is -2.84. The minimum Gasteiger partial charge on any atom is -0.494 e. The van der Waals surface area contributed by atoms with E-state index in [4.69, 9.17) is 23.5 Å². The van der Waals surface area contributed by atoms with Crippen molar-refractivity contribution in [1.29, 1.82) is 0 Å². The lowest BCUT2D eigenvalue weighted by molar-refractivity contribution is -0.0324. The summed E-state index contributed by atoms with van der Waals surface area (Å²) in [6, 6.07) is 9.18. The van der Waals surface area contributed by atoms with Crippen LogP contribution >= 0.6 is 0 Å². The van der Waals surface area contributed by atoms with Gasteiger partial charge in [-0.3, -0.25) is 0 Å². The third-order valence-electron chi connectivity index (χ3n) is 6.97. The predicted octanol–water partition coefficient (Wildman–Crippen LogP) is 2.93. The molecule has 0 aromatic heterocycles. The van der Waals surface area contributed by atoms with Gasteiger partial charge in [0.05, 0.1) is 37.7 Å². The quantitative estimate of drug-likeness (QED) is 0.151. The maximum Gasteiger partial charge on any atom is 0.494 e. The van der Waals surface area contributed by atoms with E-state index in [1.807, 2.05) is 27.7 Å². The van der Waals surface area contributed by atoms with Gasteiger partial charge in [-0.05, 0) is 63.8 Å². The molecule has 0 spiro atoms. The van der Waals surface area contributed by atoms with E-state index >= 15 is 0 Å². The van der Waals surface area contributed by atoms with Crippen molar-refractivity contribution in [1.82, 2.24) is 5.01 Å². The van der Waals surface area contributed by atoms with Gasteiger partial charge in [-0.15, -0.1) is 4.40 Å². The van der Waals surface area contributed by atoms with Crippen LogP contribution < -0.4 is 10.2 Å². The number of sulfonamides is 1. The first-order valence-electron chi connectivity index (χ1n) is 12.4. The molecule has 39 heavy (non-hydrogen) atoms. The second-order valence-corrected chi connectivity index (χ2v) is 11.8. The molecule has 2 aliphatic rings. The fourth-order valence-electron chi connectivity index (χ4n) is 4.02. The molecule has 2 aromatic carbocycles. The SMILES string of the molecule is COCCOC(C)N(/N=C/c1ccc(F)c(OC)c1)C1=NS(=O)(=O)c2cc(B3OC(C)(C)C(C)(C)O3)ccc21. The zero-order valence-corrected chi connectivity index (χ0v) is 23.9. The van der Waals surface area contributed by atoms with E-state index in [9.17, 15) is 12.8 Å². The number of hydrogen-bond acceptors (Lipinski definition) is 9. The van der Waals surface area contributed by atoms with Crippen molar-refractivity contribution < 1.29 is 36.3 Å². The Bertz CT molecular complexity index is 1380. The van der Waals surface area contributed by atoms with Gasteiger partial charge in [0.25, 0.3) is 10.0 Å². The summed E-state index contributed by atoms with van der Waals surface area (Å²) in [5.74, 6) is -0.377. The van der Waals surface area contributed by atoms with Gasteiger partial charge < -0.3 is 23.5 Å². The van der Waals surface area contributed by atoms with Crippen molar-refractivity contribution in [2.75, 3.05) is 27.4 Å². The molecule has 10 nitrogen and oxygen atoms in total. The molecule has 1 fully saturated rings. The Balaban J connectivity index is 1.70. The van der Waals surface area contributed by atoms with E-state index < -0.39 is 40.4 Å². The predicted molar refractivity (Wildman–Crippen MR) is 146 cm³/mol. The molecule has 2 aliphatic heterocycles. The third-order valence-corrected chi connectivity index (χ3v) is 8.28. The van der Waals surface area contributed by atoms with Crippen molar-refractivity contribution in [3.8, 4) is 5.75 Å². The molecular weight excluding hydrogens is 528 g/mol. The number of methoxy groups -OCH3 is 2. The summed E-state index contributed by atoms with van der Waals surface area (Å²) in [7, 11) is -1.88. The fraction of sp³-hybridized carbons (Fsp3) is 0.462. The number of hydrazone groups is 1. The fourth-order valence-corrected chi connectivity index (χ4v) is 5.25. The van der Waals surface area contributed by atoms with E-state index in [0.717, 1.165) is 0 Å². The molecule has 0 saturated carbocycles. The van der Waals surface area contributed by atoms with E-state index in [2.05, 4.69) is 9.50 Å². The van der Waals surface area contributed by atoms with E-state index in [-0.39, 0.29) is 23.1 Å². The summed E-state index contributed by atoms with van der Waals surface area (Å²) in [5.41, 5.74) is 0.276. The number of fused-ring (bicyclic) bond motifs is 1. The third kappa shape index (κ3) is 5.87. The first-order chi connectivity index (χ1) is 18.3. The van der Waals surface area contributed by atoms with Gasteiger partial charge >= 0.3 is 7.12 Å². The minimum absolute atomic E-state index is 0.0115. The average Bonchev–Trinajstić information content (AvgIpc) is 3.27. The lowest BCUT2D eigenvalue weighted by Crippen LogP contribution is -2.41. The molecule has 0 N–H and O–H groups in total. The van der Waals surface area contributed by atoms with Gasteiger partial charge in [0.1, 0.15) is 11.1 Å².